The van der Waals surface area contributed by atoms with Crippen LogP contribution in [0.15, 0.2) is 42.7 Å². The standard InChI is InChI=1S/C19H22FN5O2/c20-16-4-1-2-5-18(16)25-11-14(9-21-25)10-23-6-3-7-24-15(12-23)8-17(22-24)19(27)13-26/h1-2,4-5,8-9,11,19,26-27H,3,6-7,10,12-13H2/t19-/m1/s1. The molecule has 0 unspecified atom stereocenters. The Balaban J connectivity index is 1.49. The minimum atomic E-state index is -0.947. The van der Waals surface area contributed by atoms with Gasteiger partial charge in [-0.1, -0.05) is 12.1 Å². The van der Waals surface area contributed by atoms with Gasteiger partial charge >= 0.3 is 0 Å². The van der Waals surface area contributed by atoms with Crippen molar-refractivity contribution in [3.63, 3.8) is 0 Å². The number of para-hydroxylation sites is 1. The van der Waals surface area contributed by atoms with E-state index in [0.717, 1.165) is 30.8 Å². The fourth-order valence-corrected chi connectivity index (χ4v) is 3.41. The average Bonchev–Trinajstić information content (AvgIpc) is 3.24. The molecule has 0 saturated carbocycles. The molecule has 3 heterocycles. The van der Waals surface area contributed by atoms with E-state index in [-0.39, 0.29) is 12.4 Å². The van der Waals surface area contributed by atoms with E-state index in [2.05, 4.69) is 15.1 Å². The van der Waals surface area contributed by atoms with Crippen molar-refractivity contribution < 1.29 is 14.6 Å². The maximum atomic E-state index is 13.9. The first kappa shape index (κ1) is 17.8. The zero-order valence-electron chi connectivity index (χ0n) is 14.9. The highest BCUT2D eigenvalue weighted by Gasteiger charge is 2.20. The Hall–Kier alpha value is -2.55. The molecule has 3 aromatic rings. The quantitative estimate of drug-likeness (QED) is 0.713. The van der Waals surface area contributed by atoms with Gasteiger partial charge in [0.05, 0.1) is 24.2 Å². The monoisotopic (exact) mass is 371 g/mol. The van der Waals surface area contributed by atoms with Crippen molar-refractivity contribution in [2.75, 3.05) is 13.2 Å². The van der Waals surface area contributed by atoms with E-state index in [0.29, 0.717) is 24.5 Å². The molecule has 27 heavy (non-hydrogen) atoms. The van der Waals surface area contributed by atoms with Gasteiger partial charge in [-0.15, -0.1) is 0 Å². The predicted octanol–water partition coefficient (Wildman–Crippen LogP) is 1.64. The van der Waals surface area contributed by atoms with Gasteiger partial charge in [0.15, 0.2) is 0 Å². The van der Waals surface area contributed by atoms with E-state index in [1.54, 1.807) is 29.1 Å². The lowest BCUT2D eigenvalue weighted by atomic mass is 10.2. The second-order valence-electron chi connectivity index (χ2n) is 6.79. The number of halogens is 1. The SMILES string of the molecule is OC[C@@H](O)c1cc2n(n1)CCCN(Cc1cnn(-c3ccccc3F)c1)C2. The molecule has 0 amide bonds. The number of rotatable bonds is 5. The number of aliphatic hydroxyl groups excluding tert-OH is 2. The van der Waals surface area contributed by atoms with Crippen LogP contribution in [0.25, 0.3) is 5.69 Å². The zero-order chi connectivity index (χ0) is 18.8. The molecular weight excluding hydrogens is 349 g/mol. The van der Waals surface area contributed by atoms with E-state index in [1.807, 2.05) is 16.9 Å². The van der Waals surface area contributed by atoms with Crippen molar-refractivity contribution in [3.8, 4) is 5.69 Å². The molecule has 0 radical (unpaired) electrons. The minimum absolute atomic E-state index is 0.305. The first-order chi connectivity index (χ1) is 13.1. The maximum absolute atomic E-state index is 13.9. The molecule has 142 valence electrons. The largest absolute Gasteiger partial charge is 0.393 e. The van der Waals surface area contributed by atoms with Crippen LogP contribution in [0.2, 0.25) is 0 Å². The summed E-state index contributed by atoms with van der Waals surface area (Å²) in [5.74, 6) is -0.305. The van der Waals surface area contributed by atoms with Crippen LogP contribution in [-0.2, 0) is 19.6 Å². The first-order valence-corrected chi connectivity index (χ1v) is 9.00. The number of hydrogen-bond donors (Lipinski definition) is 2. The summed E-state index contributed by atoms with van der Waals surface area (Å²) in [6, 6.07) is 8.41. The van der Waals surface area contributed by atoms with Gasteiger partial charge < -0.3 is 10.2 Å². The molecule has 1 aliphatic heterocycles. The maximum Gasteiger partial charge on any atom is 0.148 e. The Labute approximate surface area is 156 Å². The molecule has 0 aliphatic carbocycles. The third kappa shape index (κ3) is 3.78. The van der Waals surface area contributed by atoms with Crippen LogP contribution in [0.3, 0.4) is 0 Å². The highest BCUT2D eigenvalue weighted by molar-refractivity contribution is 5.33. The Morgan fingerprint density at radius 1 is 1.22 bits per heavy atom. The van der Waals surface area contributed by atoms with Crippen LogP contribution < -0.4 is 0 Å². The molecule has 0 fully saturated rings. The topological polar surface area (TPSA) is 79.3 Å². The van der Waals surface area contributed by atoms with Gasteiger partial charge in [0.25, 0.3) is 0 Å². The molecule has 4 rings (SSSR count). The lowest BCUT2D eigenvalue weighted by Crippen LogP contribution is -2.22. The van der Waals surface area contributed by atoms with Crippen molar-refractivity contribution in [2.45, 2.75) is 32.2 Å². The molecule has 2 aromatic heterocycles. The van der Waals surface area contributed by atoms with Gasteiger partial charge in [-0.05, 0) is 24.6 Å². The van der Waals surface area contributed by atoms with Gasteiger partial charge in [-0.2, -0.15) is 10.2 Å². The molecule has 8 heteroatoms. The van der Waals surface area contributed by atoms with Crippen LogP contribution in [0.5, 0.6) is 0 Å². The Bertz CT molecular complexity index is 922. The predicted molar refractivity (Wildman–Crippen MR) is 96.5 cm³/mol. The van der Waals surface area contributed by atoms with Gasteiger partial charge in [0.1, 0.15) is 17.6 Å². The fourth-order valence-electron chi connectivity index (χ4n) is 3.41. The van der Waals surface area contributed by atoms with Crippen molar-refractivity contribution in [1.29, 1.82) is 0 Å². The third-order valence-electron chi connectivity index (χ3n) is 4.77. The summed E-state index contributed by atoms with van der Waals surface area (Å²) < 4.78 is 17.4. The number of nitrogens with zero attached hydrogens (tertiary/aromatic N) is 5. The lowest BCUT2D eigenvalue weighted by Gasteiger charge is -2.18. The summed E-state index contributed by atoms with van der Waals surface area (Å²) in [6.45, 7) is 2.73. The second kappa shape index (κ2) is 7.59. The van der Waals surface area contributed by atoms with Crippen LogP contribution in [-0.4, -0.2) is 47.8 Å². The molecule has 0 spiro atoms. The van der Waals surface area contributed by atoms with Crippen LogP contribution in [0, 0.1) is 5.82 Å². The average molecular weight is 371 g/mol. The van der Waals surface area contributed by atoms with Crippen molar-refractivity contribution >= 4 is 0 Å². The molecule has 2 N–H and O–H groups in total. The first-order valence-electron chi connectivity index (χ1n) is 9.00. The summed E-state index contributed by atoms with van der Waals surface area (Å²) >= 11 is 0. The van der Waals surface area contributed by atoms with Crippen LogP contribution in [0.1, 0.15) is 29.5 Å². The Morgan fingerprint density at radius 2 is 2.07 bits per heavy atom. The summed E-state index contributed by atoms with van der Waals surface area (Å²) in [5, 5.41) is 27.6. The smallest absolute Gasteiger partial charge is 0.148 e. The van der Waals surface area contributed by atoms with Gasteiger partial charge in [-0.3, -0.25) is 9.58 Å². The molecule has 0 bridgehead atoms. The number of aromatic nitrogens is 4. The number of aryl methyl sites for hydroxylation is 1. The van der Waals surface area contributed by atoms with Gasteiger partial charge in [-0.25, -0.2) is 9.07 Å². The van der Waals surface area contributed by atoms with Crippen molar-refractivity contribution in [3.05, 3.63) is 65.5 Å². The summed E-state index contributed by atoms with van der Waals surface area (Å²) in [4.78, 5) is 2.28. The Kier molecular flexibility index (Phi) is 5.02. The molecule has 1 aromatic carbocycles. The van der Waals surface area contributed by atoms with E-state index in [4.69, 9.17) is 5.11 Å². The van der Waals surface area contributed by atoms with Gasteiger partial charge in [0, 0.05) is 37.9 Å². The molecule has 1 aliphatic rings. The lowest BCUT2D eigenvalue weighted by molar-refractivity contribution is 0.0916. The van der Waals surface area contributed by atoms with Crippen LogP contribution >= 0.6 is 0 Å². The zero-order valence-corrected chi connectivity index (χ0v) is 14.9. The van der Waals surface area contributed by atoms with E-state index >= 15 is 0 Å². The minimum Gasteiger partial charge on any atom is -0.393 e. The second-order valence-corrected chi connectivity index (χ2v) is 6.79. The highest BCUT2D eigenvalue weighted by Crippen LogP contribution is 2.20. The van der Waals surface area contributed by atoms with E-state index < -0.39 is 6.10 Å². The van der Waals surface area contributed by atoms with Crippen LogP contribution in [0.4, 0.5) is 4.39 Å². The number of aliphatic hydroxyl groups is 2. The number of fused-ring (bicyclic) bond motifs is 1. The number of hydrogen-bond acceptors (Lipinski definition) is 5. The van der Waals surface area contributed by atoms with Gasteiger partial charge in [0.2, 0.25) is 0 Å². The molecule has 1 atom stereocenters. The summed E-state index contributed by atoms with van der Waals surface area (Å²) in [7, 11) is 0. The van der Waals surface area contributed by atoms with E-state index in [1.165, 1.54) is 6.07 Å². The number of benzene rings is 1. The summed E-state index contributed by atoms with van der Waals surface area (Å²) in [5.41, 5.74) is 2.94. The highest BCUT2D eigenvalue weighted by atomic mass is 19.1. The van der Waals surface area contributed by atoms with E-state index in [9.17, 15) is 9.50 Å². The normalized spacial score (nSPS) is 16.1. The third-order valence-corrected chi connectivity index (χ3v) is 4.77. The molecule has 0 saturated heterocycles. The molecular formula is C19H22FN5O2. The summed E-state index contributed by atoms with van der Waals surface area (Å²) in [6.07, 6.45) is 3.60. The Morgan fingerprint density at radius 3 is 2.89 bits per heavy atom. The van der Waals surface area contributed by atoms with Crippen molar-refractivity contribution in [1.82, 2.24) is 24.5 Å². The molecule has 7 nitrogen and oxygen atoms in total. The fraction of sp³-hybridized carbons (Fsp3) is 0.368. The van der Waals surface area contributed by atoms with Crippen molar-refractivity contribution in [2.24, 2.45) is 0 Å².